The van der Waals surface area contributed by atoms with Gasteiger partial charge in [-0.2, -0.15) is 0 Å². The zero-order chi connectivity index (χ0) is 42.4. The molecule has 0 aliphatic heterocycles. The highest BCUT2D eigenvalue weighted by Gasteiger charge is 2.60. The summed E-state index contributed by atoms with van der Waals surface area (Å²) in [6.45, 7) is 24.4. The van der Waals surface area contributed by atoms with E-state index in [0.29, 0.717) is 34.5 Å². The average molecular weight is 849 g/mol. The van der Waals surface area contributed by atoms with Gasteiger partial charge in [0.2, 0.25) is 4.52 Å². The summed E-state index contributed by atoms with van der Waals surface area (Å²) in [7, 11) is -8.13. The Morgan fingerprint density at radius 3 is 0.949 bits per heavy atom. The first-order valence-electron chi connectivity index (χ1n) is 19.6. The Morgan fingerprint density at radius 1 is 0.390 bits per heavy atom. The van der Waals surface area contributed by atoms with Gasteiger partial charge in [0, 0.05) is 0 Å². The van der Waals surface area contributed by atoms with E-state index in [0.717, 1.165) is 66.8 Å². The number of rotatable bonds is 15. The van der Waals surface area contributed by atoms with E-state index in [1.165, 1.54) is 0 Å². The van der Waals surface area contributed by atoms with Crippen LogP contribution in [0.3, 0.4) is 0 Å². The Hall–Kier alpha value is -4.96. The van der Waals surface area contributed by atoms with Crippen LogP contribution < -0.4 is 32.0 Å². The van der Waals surface area contributed by atoms with Gasteiger partial charge >= 0.3 is 24.7 Å². The van der Waals surface area contributed by atoms with Gasteiger partial charge < -0.3 is 9.05 Å². The smallest absolute Gasteiger partial charge is 0.425 e. The lowest BCUT2D eigenvalue weighted by Crippen LogP contribution is -2.24. The van der Waals surface area contributed by atoms with Gasteiger partial charge in [0.05, 0.1) is 0 Å². The van der Waals surface area contributed by atoms with Crippen LogP contribution >= 0.6 is 24.7 Å². The number of hydrogen-bond donors (Lipinski definition) is 1. The van der Waals surface area contributed by atoms with Crippen LogP contribution in [0.15, 0.2) is 114 Å². The molecule has 0 aliphatic carbocycles. The van der Waals surface area contributed by atoms with Gasteiger partial charge in [-0.1, -0.05) is 106 Å². The standard InChI is InChI=1S/C48H55N2O6P3/c1-31-13-19-43(37(7)25-31)51-57(52-44-20-14-32(2)26-38(44)8)49-59(55-47-23-17-35(5)29-41(47)11,56-48-24-18-36(6)30-42(48)12)50-58(53-45-21-15-33(3)27-39(45)9)54-46-22-16-34(4)28-40(46)10/h13-30,49H,1-12H3/q+2. The average Bonchev–Trinajstić information content (AvgIpc) is 3.15. The summed E-state index contributed by atoms with van der Waals surface area (Å²) in [5, 5.41) is 0. The first-order valence-corrected chi connectivity index (χ1v) is 23.5. The van der Waals surface area contributed by atoms with Crippen molar-refractivity contribution in [3.8, 4) is 34.5 Å². The molecule has 6 aromatic rings. The van der Waals surface area contributed by atoms with Crippen molar-refractivity contribution in [2.24, 2.45) is 4.52 Å². The minimum absolute atomic E-state index is 0.575. The largest absolute Gasteiger partial charge is 0.715 e. The third kappa shape index (κ3) is 11.6. The number of nitrogens with zero attached hydrogens (tertiary/aromatic N) is 1. The molecule has 0 fully saturated rings. The van der Waals surface area contributed by atoms with Gasteiger partial charge in [0.15, 0.2) is 23.0 Å². The molecule has 11 heteroatoms. The number of benzene rings is 6. The second-order valence-electron chi connectivity index (χ2n) is 15.4. The molecule has 0 atom stereocenters. The Labute approximate surface area is 353 Å². The molecule has 0 saturated carbocycles. The molecule has 0 radical (unpaired) electrons. The molecule has 1 N–H and O–H groups in total. The van der Waals surface area contributed by atoms with Gasteiger partial charge in [-0.05, 0) is 158 Å². The van der Waals surface area contributed by atoms with Crippen LogP contribution in [0.2, 0.25) is 0 Å². The normalized spacial score (nSPS) is 11.3. The summed E-state index contributed by atoms with van der Waals surface area (Å²) < 4.78 is 47.3. The topological polar surface area (TPSA) is 79.8 Å². The third-order valence-corrected chi connectivity index (χ3v) is 15.1. The van der Waals surface area contributed by atoms with Gasteiger partial charge in [0.1, 0.15) is 11.5 Å². The second-order valence-corrected chi connectivity index (χ2v) is 20.0. The fourth-order valence-corrected chi connectivity index (χ4v) is 12.4. The lowest BCUT2D eigenvalue weighted by atomic mass is 10.1. The Morgan fingerprint density at radius 2 is 0.661 bits per heavy atom. The van der Waals surface area contributed by atoms with Gasteiger partial charge in [0.25, 0.3) is 0 Å². The molecule has 0 aliphatic rings. The van der Waals surface area contributed by atoms with Crippen molar-refractivity contribution in [2.75, 3.05) is 0 Å². The number of hydrogen-bond acceptors (Lipinski definition) is 8. The Kier molecular flexibility index (Phi) is 14.0. The Bertz CT molecular complexity index is 2340. The Balaban J connectivity index is 1.62. The van der Waals surface area contributed by atoms with Crippen molar-refractivity contribution < 1.29 is 27.1 Å². The van der Waals surface area contributed by atoms with Gasteiger partial charge in [-0.3, -0.25) is 9.05 Å². The lowest BCUT2D eigenvalue weighted by Gasteiger charge is -2.24. The van der Waals surface area contributed by atoms with Crippen LogP contribution in [0.25, 0.3) is 0 Å². The van der Waals surface area contributed by atoms with Crippen LogP contribution in [0.4, 0.5) is 0 Å². The molecule has 0 heterocycles. The molecule has 306 valence electrons. The highest BCUT2D eigenvalue weighted by atomic mass is 31.3. The van der Waals surface area contributed by atoms with Crippen LogP contribution in [0.1, 0.15) is 66.8 Å². The summed E-state index contributed by atoms with van der Waals surface area (Å²) in [6, 6.07) is 36.3. The zero-order valence-corrected chi connectivity index (χ0v) is 38.8. The molecular formula is C48H55N2O6P3+2. The lowest BCUT2D eigenvalue weighted by molar-refractivity contribution is 0.434. The highest BCUT2D eigenvalue weighted by Crippen LogP contribution is 2.67. The van der Waals surface area contributed by atoms with Gasteiger partial charge in [-0.25, -0.2) is 9.05 Å². The molecule has 0 unspecified atom stereocenters. The molecule has 8 nitrogen and oxygen atoms in total. The van der Waals surface area contributed by atoms with E-state index in [2.05, 4.69) is 82.8 Å². The van der Waals surface area contributed by atoms with Crippen molar-refractivity contribution in [3.05, 3.63) is 176 Å². The van der Waals surface area contributed by atoms with Crippen molar-refractivity contribution in [1.82, 2.24) is 4.86 Å². The summed E-state index contributed by atoms with van der Waals surface area (Å²) in [5.41, 5.74) is 12.3. The summed E-state index contributed by atoms with van der Waals surface area (Å²) in [4.78, 5) is 3.65. The summed E-state index contributed by atoms with van der Waals surface area (Å²) in [5.74, 6) is 3.71. The van der Waals surface area contributed by atoms with E-state index in [1.54, 1.807) is 0 Å². The minimum Gasteiger partial charge on any atom is -0.425 e. The van der Waals surface area contributed by atoms with Crippen molar-refractivity contribution >= 4 is 24.7 Å². The van der Waals surface area contributed by atoms with Crippen molar-refractivity contribution in [2.45, 2.75) is 83.1 Å². The molecule has 0 aromatic heterocycles. The molecule has 6 aromatic carbocycles. The quantitative estimate of drug-likeness (QED) is 0.103. The predicted molar refractivity (Wildman–Crippen MR) is 246 cm³/mol. The monoisotopic (exact) mass is 848 g/mol. The van der Waals surface area contributed by atoms with E-state index in [-0.39, 0.29) is 0 Å². The maximum Gasteiger partial charge on any atom is 0.715 e. The molecule has 0 spiro atoms. The third-order valence-electron chi connectivity index (χ3n) is 9.54. The van der Waals surface area contributed by atoms with E-state index < -0.39 is 24.7 Å². The molecule has 0 saturated heterocycles. The van der Waals surface area contributed by atoms with Crippen molar-refractivity contribution in [3.63, 3.8) is 0 Å². The van der Waals surface area contributed by atoms with E-state index in [9.17, 15) is 0 Å². The second kappa shape index (κ2) is 19.0. The van der Waals surface area contributed by atoms with E-state index >= 15 is 0 Å². The summed E-state index contributed by atoms with van der Waals surface area (Å²) >= 11 is 0. The zero-order valence-electron chi connectivity index (χ0n) is 36.1. The SMILES string of the molecule is Cc1ccc(OP(N[P+](N=[P+](Oc2ccc(C)cc2C)Oc2ccc(C)cc2C)(Oc2ccc(C)cc2C)Oc2ccc(C)cc2C)Oc2ccc(C)cc2C)c(C)c1. The molecule has 0 bridgehead atoms. The fraction of sp³-hybridized carbons (Fsp3) is 0.250. The van der Waals surface area contributed by atoms with Crippen LogP contribution in [0.5, 0.6) is 34.5 Å². The fourth-order valence-electron chi connectivity index (χ4n) is 6.45. The van der Waals surface area contributed by atoms with Crippen LogP contribution in [-0.2, 0) is 0 Å². The van der Waals surface area contributed by atoms with Crippen LogP contribution in [0, 0.1) is 83.1 Å². The summed E-state index contributed by atoms with van der Waals surface area (Å²) in [6.07, 6.45) is 0. The minimum atomic E-state index is -3.85. The van der Waals surface area contributed by atoms with Crippen molar-refractivity contribution in [1.29, 1.82) is 0 Å². The molecule has 59 heavy (non-hydrogen) atoms. The highest BCUT2D eigenvalue weighted by molar-refractivity contribution is 7.75. The molecular weight excluding hydrogens is 793 g/mol. The molecule has 6 rings (SSSR count). The first kappa shape index (κ1) is 43.6. The molecule has 0 amide bonds. The maximum atomic E-state index is 7.21. The van der Waals surface area contributed by atoms with Gasteiger partial charge in [-0.15, -0.1) is 0 Å². The maximum absolute atomic E-state index is 7.21. The number of nitrogens with one attached hydrogen (secondary N) is 1. The van der Waals surface area contributed by atoms with Crippen LogP contribution in [-0.4, -0.2) is 0 Å². The van der Waals surface area contributed by atoms with E-state index in [1.807, 2.05) is 114 Å². The van der Waals surface area contributed by atoms with E-state index in [4.69, 9.17) is 31.7 Å². The predicted octanol–water partition coefficient (Wildman–Crippen LogP) is 15.2. The first-order chi connectivity index (χ1) is 28.0. The number of aryl methyl sites for hydroxylation is 12.